The monoisotopic (exact) mass is 243 g/mol. The highest BCUT2D eigenvalue weighted by atomic mass is 32.2. The second-order valence-electron chi connectivity index (χ2n) is 3.74. The van der Waals surface area contributed by atoms with Gasteiger partial charge in [-0.3, -0.25) is 4.72 Å². The van der Waals surface area contributed by atoms with E-state index in [4.69, 9.17) is 0 Å². The summed E-state index contributed by atoms with van der Waals surface area (Å²) in [6.07, 6.45) is 1.43. The van der Waals surface area contributed by atoms with E-state index in [1.54, 1.807) is 19.1 Å². The number of anilines is 1. The molecule has 0 amide bonds. The van der Waals surface area contributed by atoms with Gasteiger partial charge in [0.15, 0.2) is 0 Å². The van der Waals surface area contributed by atoms with Crippen molar-refractivity contribution in [2.75, 3.05) is 10.5 Å². The molecule has 0 radical (unpaired) electrons. The molecule has 0 aliphatic heterocycles. The number of para-hydroxylation sites is 1. The normalized spacial score (nSPS) is 11.4. The van der Waals surface area contributed by atoms with Gasteiger partial charge in [0.1, 0.15) is 5.75 Å². The molecule has 0 aliphatic rings. The predicted octanol–water partition coefficient (Wildman–Crippen LogP) is 2.24. The van der Waals surface area contributed by atoms with Gasteiger partial charge < -0.3 is 5.11 Å². The first-order valence-electron chi connectivity index (χ1n) is 5.25. The minimum atomic E-state index is -3.35. The number of phenolic OH excluding ortho intramolecular Hbond substituents is 1. The molecule has 0 aromatic heterocycles. The van der Waals surface area contributed by atoms with Crippen molar-refractivity contribution >= 4 is 15.7 Å². The number of hydrogen-bond donors (Lipinski definition) is 2. The van der Waals surface area contributed by atoms with Crippen molar-refractivity contribution in [3.05, 3.63) is 23.8 Å². The first-order chi connectivity index (χ1) is 7.46. The van der Waals surface area contributed by atoms with E-state index in [1.807, 2.05) is 6.92 Å². The lowest BCUT2D eigenvalue weighted by Gasteiger charge is -2.11. The molecule has 0 fully saturated rings. The van der Waals surface area contributed by atoms with Crippen molar-refractivity contribution in [2.24, 2.45) is 0 Å². The van der Waals surface area contributed by atoms with Gasteiger partial charge >= 0.3 is 0 Å². The quantitative estimate of drug-likeness (QED) is 0.779. The first kappa shape index (κ1) is 12.8. The van der Waals surface area contributed by atoms with Crippen molar-refractivity contribution in [1.82, 2.24) is 0 Å². The van der Waals surface area contributed by atoms with Gasteiger partial charge in [0.2, 0.25) is 10.0 Å². The largest absolute Gasteiger partial charge is 0.506 e. The molecule has 0 saturated carbocycles. The van der Waals surface area contributed by atoms with Gasteiger partial charge in [-0.2, -0.15) is 0 Å². The van der Waals surface area contributed by atoms with Crippen LogP contribution in [0, 0.1) is 6.92 Å². The maximum Gasteiger partial charge on any atom is 0.232 e. The third kappa shape index (κ3) is 3.41. The number of phenols is 1. The molecule has 0 heterocycles. The lowest BCUT2D eigenvalue weighted by Crippen LogP contribution is -2.17. The minimum Gasteiger partial charge on any atom is -0.506 e. The van der Waals surface area contributed by atoms with Gasteiger partial charge in [-0.25, -0.2) is 8.42 Å². The first-order valence-corrected chi connectivity index (χ1v) is 6.90. The summed E-state index contributed by atoms with van der Waals surface area (Å²) in [7, 11) is -3.35. The highest BCUT2D eigenvalue weighted by Crippen LogP contribution is 2.27. The minimum absolute atomic E-state index is 0.0416. The van der Waals surface area contributed by atoms with Gasteiger partial charge in [0.25, 0.3) is 0 Å². The second-order valence-corrected chi connectivity index (χ2v) is 5.59. The molecule has 5 heteroatoms. The van der Waals surface area contributed by atoms with Crippen molar-refractivity contribution in [3.8, 4) is 5.75 Å². The fourth-order valence-corrected chi connectivity index (χ4v) is 2.67. The zero-order chi connectivity index (χ0) is 12.2. The standard InChI is InChI=1S/C11H17NO3S/c1-3-4-8-16(14,15)12-11-9(2)6-5-7-10(11)13/h5-7,12-13H,3-4,8H2,1-2H3. The highest BCUT2D eigenvalue weighted by Gasteiger charge is 2.13. The topological polar surface area (TPSA) is 66.4 Å². The lowest BCUT2D eigenvalue weighted by molar-refractivity contribution is 0.477. The fourth-order valence-electron chi connectivity index (χ4n) is 1.33. The maximum atomic E-state index is 11.6. The Bertz CT molecular complexity index is 434. The van der Waals surface area contributed by atoms with Crippen LogP contribution in [0.1, 0.15) is 25.3 Å². The van der Waals surface area contributed by atoms with Crippen LogP contribution in [0.15, 0.2) is 18.2 Å². The van der Waals surface area contributed by atoms with Crippen molar-refractivity contribution in [1.29, 1.82) is 0 Å². The van der Waals surface area contributed by atoms with Crippen molar-refractivity contribution in [2.45, 2.75) is 26.7 Å². The molecular formula is C11H17NO3S. The van der Waals surface area contributed by atoms with Crippen LogP contribution in [0.2, 0.25) is 0 Å². The van der Waals surface area contributed by atoms with E-state index >= 15 is 0 Å². The molecule has 0 atom stereocenters. The summed E-state index contributed by atoms with van der Waals surface area (Å²) in [5, 5.41) is 9.55. The molecule has 2 N–H and O–H groups in total. The van der Waals surface area contributed by atoms with E-state index in [-0.39, 0.29) is 17.2 Å². The van der Waals surface area contributed by atoms with Crippen LogP contribution in [-0.4, -0.2) is 19.3 Å². The second kappa shape index (κ2) is 5.21. The van der Waals surface area contributed by atoms with Crippen molar-refractivity contribution < 1.29 is 13.5 Å². The highest BCUT2D eigenvalue weighted by molar-refractivity contribution is 7.92. The summed E-state index contributed by atoms with van der Waals surface area (Å²) in [5.74, 6) is 0.0390. The summed E-state index contributed by atoms with van der Waals surface area (Å²) in [6.45, 7) is 3.68. The van der Waals surface area contributed by atoms with Gasteiger partial charge in [0, 0.05) is 0 Å². The summed E-state index contributed by atoms with van der Waals surface area (Å²) in [6, 6.07) is 4.89. The van der Waals surface area contributed by atoms with E-state index < -0.39 is 10.0 Å². The molecule has 0 spiro atoms. The smallest absolute Gasteiger partial charge is 0.232 e. The molecular weight excluding hydrogens is 226 g/mol. The average molecular weight is 243 g/mol. The SMILES string of the molecule is CCCCS(=O)(=O)Nc1c(C)cccc1O. The Labute approximate surface area is 96.4 Å². The van der Waals surface area contributed by atoms with Crippen LogP contribution in [0.5, 0.6) is 5.75 Å². The molecule has 0 unspecified atom stereocenters. The van der Waals surface area contributed by atoms with Gasteiger partial charge in [-0.15, -0.1) is 0 Å². The third-order valence-electron chi connectivity index (χ3n) is 2.27. The Morgan fingerprint density at radius 2 is 2.06 bits per heavy atom. The van der Waals surface area contributed by atoms with Crippen LogP contribution in [0.4, 0.5) is 5.69 Å². The number of aromatic hydroxyl groups is 1. The number of nitrogens with one attached hydrogen (secondary N) is 1. The molecule has 0 bridgehead atoms. The fraction of sp³-hybridized carbons (Fsp3) is 0.455. The third-order valence-corrected chi connectivity index (χ3v) is 3.62. The molecule has 0 saturated heterocycles. The average Bonchev–Trinajstić information content (AvgIpc) is 2.21. The molecule has 1 aromatic carbocycles. The van der Waals surface area contributed by atoms with Gasteiger partial charge in [0.05, 0.1) is 11.4 Å². The summed E-state index contributed by atoms with van der Waals surface area (Å²) in [4.78, 5) is 0. The number of aryl methyl sites for hydroxylation is 1. The number of benzene rings is 1. The zero-order valence-electron chi connectivity index (χ0n) is 9.53. The molecule has 0 aliphatic carbocycles. The summed E-state index contributed by atoms with van der Waals surface area (Å²) < 4.78 is 25.7. The van der Waals surface area contributed by atoms with E-state index in [0.717, 1.165) is 6.42 Å². The molecule has 4 nitrogen and oxygen atoms in total. The van der Waals surface area contributed by atoms with Gasteiger partial charge in [-0.05, 0) is 25.0 Å². The molecule has 1 aromatic rings. The zero-order valence-corrected chi connectivity index (χ0v) is 10.3. The summed E-state index contributed by atoms with van der Waals surface area (Å²) in [5.41, 5.74) is 0.985. The Hall–Kier alpha value is -1.23. The lowest BCUT2D eigenvalue weighted by atomic mass is 10.2. The summed E-state index contributed by atoms with van der Waals surface area (Å²) >= 11 is 0. The Kier molecular flexibility index (Phi) is 4.18. The van der Waals surface area contributed by atoms with Crippen molar-refractivity contribution in [3.63, 3.8) is 0 Å². The Morgan fingerprint density at radius 3 is 2.62 bits per heavy atom. The van der Waals surface area contributed by atoms with E-state index in [2.05, 4.69) is 4.72 Å². The Balaban J connectivity index is 2.88. The van der Waals surface area contributed by atoms with Crippen LogP contribution >= 0.6 is 0 Å². The van der Waals surface area contributed by atoms with Gasteiger partial charge in [-0.1, -0.05) is 25.5 Å². The van der Waals surface area contributed by atoms with Crippen LogP contribution < -0.4 is 4.72 Å². The molecule has 16 heavy (non-hydrogen) atoms. The predicted molar refractivity (Wildman–Crippen MR) is 65.2 cm³/mol. The number of rotatable bonds is 5. The molecule has 90 valence electrons. The number of hydrogen-bond acceptors (Lipinski definition) is 3. The van der Waals surface area contributed by atoms with E-state index in [9.17, 15) is 13.5 Å². The number of unbranched alkanes of at least 4 members (excludes halogenated alkanes) is 1. The van der Waals surface area contributed by atoms with Crippen LogP contribution in [0.3, 0.4) is 0 Å². The molecule has 1 rings (SSSR count). The number of sulfonamides is 1. The van der Waals surface area contributed by atoms with Crippen LogP contribution in [0.25, 0.3) is 0 Å². The van der Waals surface area contributed by atoms with Crippen LogP contribution in [-0.2, 0) is 10.0 Å². The van der Waals surface area contributed by atoms with E-state index in [1.165, 1.54) is 6.07 Å². The Morgan fingerprint density at radius 1 is 1.38 bits per heavy atom. The maximum absolute atomic E-state index is 11.6. The van der Waals surface area contributed by atoms with E-state index in [0.29, 0.717) is 12.0 Å².